The molecule has 1 saturated heterocycles. The molecule has 0 spiro atoms. The van der Waals surface area contributed by atoms with E-state index in [1.54, 1.807) is 18.2 Å². The summed E-state index contributed by atoms with van der Waals surface area (Å²) in [4.78, 5) is 11.6. The number of rotatable bonds is 4. The van der Waals surface area contributed by atoms with Crippen LogP contribution in [0.25, 0.3) is 0 Å². The summed E-state index contributed by atoms with van der Waals surface area (Å²) >= 11 is 0. The van der Waals surface area contributed by atoms with Crippen molar-refractivity contribution < 1.29 is 4.79 Å². The minimum atomic E-state index is 0.000702. The van der Waals surface area contributed by atoms with Crippen LogP contribution in [0.5, 0.6) is 0 Å². The van der Waals surface area contributed by atoms with Crippen molar-refractivity contribution in [2.75, 3.05) is 11.9 Å². The second-order valence-corrected chi connectivity index (χ2v) is 5.34. The molecule has 1 aliphatic rings. The normalized spacial score (nSPS) is 25.2. The molecule has 1 heterocycles. The highest BCUT2D eigenvalue weighted by Gasteiger charge is 2.29. The van der Waals surface area contributed by atoms with E-state index in [9.17, 15) is 4.79 Å². The molecule has 1 fully saturated rings. The molecular formula is C15H20N4O. The Morgan fingerprint density at radius 3 is 2.55 bits per heavy atom. The number of hydrazine groups is 1. The van der Waals surface area contributed by atoms with Gasteiger partial charge in [0.1, 0.15) is 0 Å². The summed E-state index contributed by atoms with van der Waals surface area (Å²) in [5.74, 6) is 0.418. The molecule has 1 aromatic rings. The lowest BCUT2D eigenvalue weighted by atomic mass is 9.96. The molecule has 1 aliphatic heterocycles. The molecule has 0 aliphatic carbocycles. The van der Waals surface area contributed by atoms with E-state index in [-0.39, 0.29) is 5.78 Å². The average molecular weight is 272 g/mol. The highest BCUT2D eigenvalue weighted by molar-refractivity contribution is 5.99. The fraction of sp³-hybridized carbons (Fsp3) is 0.467. The van der Waals surface area contributed by atoms with Crippen LogP contribution >= 0.6 is 0 Å². The number of hydrogen-bond donors (Lipinski definition) is 3. The van der Waals surface area contributed by atoms with Crippen LogP contribution in [0.3, 0.4) is 0 Å². The first-order valence-electron chi connectivity index (χ1n) is 6.83. The van der Waals surface area contributed by atoms with Gasteiger partial charge in [0.05, 0.1) is 11.6 Å². The van der Waals surface area contributed by atoms with Crippen LogP contribution < -0.4 is 16.2 Å². The number of benzene rings is 1. The molecule has 2 unspecified atom stereocenters. The molecule has 106 valence electrons. The van der Waals surface area contributed by atoms with Crippen LogP contribution in [-0.4, -0.2) is 24.4 Å². The first kappa shape index (κ1) is 14.5. The Labute approximate surface area is 119 Å². The van der Waals surface area contributed by atoms with Gasteiger partial charge in [0, 0.05) is 35.8 Å². The molecule has 3 N–H and O–H groups in total. The zero-order valence-corrected chi connectivity index (χ0v) is 12.0. The quantitative estimate of drug-likeness (QED) is 0.727. The van der Waals surface area contributed by atoms with Gasteiger partial charge in [-0.05, 0) is 39.0 Å². The molecule has 5 nitrogen and oxygen atoms in total. The van der Waals surface area contributed by atoms with E-state index in [1.807, 2.05) is 0 Å². The van der Waals surface area contributed by atoms with Crippen molar-refractivity contribution in [1.29, 1.82) is 5.26 Å². The van der Waals surface area contributed by atoms with Gasteiger partial charge in [-0.1, -0.05) is 0 Å². The molecule has 0 aromatic heterocycles. The van der Waals surface area contributed by atoms with Crippen molar-refractivity contribution in [1.82, 2.24) is 10.9 Å². The maximum absolute atomic E-state index is 11.6. The van der Waals surface area contributed by atoms with Crippen LogP contribution in [-0.2, 0) is 0 Å². The predicted molar refractivity (Wildman–Crippen MR) is 78.3 cm³/mol. The van der Waals surface area contributed by atoms with Gasteiger partial charge in [-0.25, -0.2) is 0 Å². The first-order chi connectivity index (χ1) is 9.52. The fourth-order valence-electron chi connectivity index (χ4n) is 2.56. The van der Waals surface area contributed by atoms with Crippen molar-refractivity contribution in [3.05, 3.63) is 29.3 Å². The van der Waals surface area contributed by atoms with E-state index in [2.05, 4.69) is 36.1 Å². The highest BCUT2D eigenvalue weighted by atomic mass is 16.1. The number of anilines is 1. The zero-order chi connectivity index (χ0) is 14.7. The molecule has 5 heteroatoms. The van der Waals surface area contributed by atoms with Gasteiger partial charge in [-0.15, -0.1) is 0 Å². The van der Waals surface area contributed by atoms with Crippen molar-refractivity contribution in [2.45, 2.75) is 32.9 Å². The van der Waals surface area contributed by atoms with E-state index in [0.717, 1.165) is 12.2 Å². The minimum absolute atomic E-state index is 0.000702. The summed E-state index contributed by atoms with van der Waals surface area (Å²) in [5.41, 5.74) is 8.34. The molecule has 0 radical (unpaired) electrons. The van der Waals surface area contributed by atoms with E-state index in [0.29, 0.717) is 29.1 Å². The predicted octanol–water partition coefficient (Wildman–Crippen LogP) is 1.67. The number of nitrogens with zero attached hydrogens (tertiary/aromatic N) is 1. The third-order valence-electron chi connectivity index (χ3n) is 3.88. The standard InChI is InChI=1S/C15H20N4O/c1-9-14(10(2)19-18-9)8-17-15-6-12(7-16)4-5-13(15)11(3)20/h4-6,9-10,14,17-19H,8H2,1-3H3. The Kier molecular flexibility index (Phi) is 4.38. The highest BCUT2D eigenvalue weighted by Crippen LogP contribution is 2.21. The molecule has 2 rings (SSSR count). The Bertz CT molecular complexity index is 539. The Morgan fingerprint density at radius 2 is 2.00 bits per heavy atom. The van der Waals surface area contributed by atoms with Crippen molar-refractivity contribution in [3.8, 4) is 6.07 Å². The first-order valence-corrected chi connectivity index (χ1v) is 6.83. The summed E-state index contributed by atoms with van der Waals surface area (Å²) in [5, 5.41) is 12.3. The van der Waals surface area contributed by atoms with E-state index < -0.39 is 0 Å². The van der Waals surface area contributed by atoms with Crippen LogP contribution in [0.2, 0.25) is 0 Å². The van der Waals surface area contributed by atoms with Crippen molar-refractivity contribution in [2.24, 2.45) is 5.92 Å². The molecular weight excluding hydrogens is 252 g/mol. The number of Topliss-reactive ketones (excluding diaryl/α,β-unsaturated/α-hetero) is 1. The number of nitrogens with one attached hydrogen (secondary N) is 3. The second-order valence-electron chi connectivity index (χ2n) is 5.34. The van der Waals surface area contributed by atoms with Crippen LogP contribution in [0.15, 0.2) is 18.2 Å². The molecule has 0 amide bonds. The van der Waals surface area contributed by atoms with Crippen LogP contribution in [0.4, 0.5) is 5.69 Å². The summed E-state index contributed by atoms with van der Waals surface area (Å²) in [7, 11) is 0. The summed E-state index contributed by atoms with van der Waals surface area (Å²) < 4.78 is 0. The Hall–Kier alpha value is -1.90. The lowest BCUT2D eigenvalue weighted by molar-refractivity contribution is 0.101. The number of ketones is 1. The van der Waals surface area contributed by atoms with Gasteiger partial charge < -0.3 is 5.32 Å². The topological polar surface area (TPSA) is 77.0 Å². The van der Waals surface area contributed by atoms with E-state index in [1.165, 1.54) is 6.92 Å². The average Bonchev–Trinajstić information content (AvgIpc) is 2.75. The fourth-order valence-corrected chi connectivity index (χ4v) is 2.56. The SMILES string of the molecule is CC(=O)c1ccc(C#N)cc1NCC1C(C)NNC1C. The van der Waals surface area contributed by atoms with Crippen LogP contribution in [0, 0.1) is 17.2 Å². The minimum Gasteiger partial charge on any atom is -0.384 e. The number of hydrogen-bond acceptors (Lipinski definition) is 5. The summed E-state index contributed by atoms with van der Waals surface area (Å²) in [6, 6.07) is 7.94. The lowest BCUT2D eigenvalue weighted by Gasteiger charge is -2.20. The molecule has 0 bridgehead atoms. The number of carbonyl (C=O) groups excluding carboxylic acids is 1. The molecule has 20 heavy (non-hydrogen) atoms. The van der Waals surface area contributed by atoms with Crippen molar-refractivity contribution >= 4 is 11.5 Å². The maximum Gasteiger partial charge on any atom is 0.161 e. The van der Waals surface area contributed by atoms with Crippen molar-refractivity contribution in [3.63, 3.8) is 0 Å². The monoisotopic (exact) mass is 272 g/mol. The summed E-state index contributed by atoms with van der Waals surface area (Å²) in [6.07, 6.45) is 0. The van der Waals surface area contributed by atoms with Gasteiger partial charge >= 0.3 is 0 Å². The Balaban J connectivity index is 2.15. The van der Waals surface area contributed by atoms with Gasteiger partial charge in [-0.2, -0.15) is 5.26 Å². The number of nitriles is 1. The van der Waals surface area contributed by atoms with Gasteiger partial charge in [-0.3, -0.25) is 15.6 Å². The molecule has 0 saturated carbocycles. The molecule has 2 atom stereocenters. The summed E-state index contributed by atoms with van der Waals surface area (Å²) in [6.45, 7) is 6.54. The van der Waals surface area contributed by atoms with E-state index >= 15 is 0 Å². The zero-order valence-electron chi connectivity index (χ0n) is 12.0. The van der Waals surface area contributed by atoms with Gasteiger partial charge in [0.15, 0.2) is 5.78 Å². The third kappa shape index (κ3) is 2.98. The lowest BCUT2D eigenvalue weighted by Crippen LogP contribution is -2.30. The Morgan fingerprint density at radius 1 is 1.35 bits per heavy atom. The smallest absolute Gasteiger partial charge is 0.161 e. The maximum atomic E-state index is 11.6. The van der Waals surface area contributed by atoms with Gasteiger partial charge in [0.25, 0.3) is 0 Å². The van der Waals surface area contributed by atoms with Crippen LogP contribution in [0.1, 0.15) is 36.7 Å². The second kappa shape index (κ2) is 6.04. The largest absolute Gasteiger partial charge is 0.384 e. The van der Waals surface area contributed by atoms with E-state index in [4.69, 9.17) is 5.26 Å². The molecule has 1 aromatic carbocycles. The third-order valence-corrected chi connectivity index (χ3v) is 3.88. The number of carbonyl (C=O) groups is 1. The van der Waals surface area contributed by atoms with Gasteiger partial charge in [0.2, 0.25) is 0 Å².